The Balaban J connectivity index is 2.10. The van der Waals surface area contributed by atoms with Gasteiger partial charge < -0.3 is 15.1 Å². The summed E-state index contributed by atoms with van der Waals surface area (Å²) in [5.41, 5.74) is 0.665. The normalized spacial score (nSPS) is 18.4. The van der Waals surface area contributed by atoms with Gasteiger partial charge in [-0.25, -0.2) is 0 Å². The second-order valence-corrected chi connectivity index (χ2v) is 7.83. The molecule has 1 aliphatic rings. The Morgan fingerprint density at radius 3 is 2.76 bits per heavy atom. The molecule has 1 unspecified atom stereocenters. The van der Waals surface area contributed by atoms with E-state index < -0.39 is 5.41 Å². The highest BCUT2D eigenvalue weighted by Crippen LogP contribution is 2.32. The van der Waals surface area contributed by atoms with E-state index in [0.717, 1.165) is 17.7 Å². The summed E-state index contributed by atoms with van der Waals surface area (Å²) in [6, 6.07) is 2.03. The molecule has 0 spiro atoms. The Labute approximate surface area is 130 Å². The molecule has 2 rings (SSSR count). The van der Waals surface area contributed by atoms with Crippen LogP contribution in [0, 0.1) is 11.3 Å². The van der Waals surface area contributed by atoms with Crippen LogP contribution in [0.25, 0.3) is 0 Å². The van der Waals surface area contributed by atoms with Gasteiger partial charge in [0.15, 0.2) is 0 Å². The van der Waals surface area contributed by atoms with Gasteiger partial charge >= 0.3 is 0 Å². The first kappa shape index (κ1) is 16.5. The van der Waals surface area contributed by atoms with Crippen molar-refractivity contribution < 1.29 is 15.0 Å². The van der Waals surface area contributed by atoms with Gasteiger partial charge in [0.05, 0.1) is 18.1 Å². The number of carbonyl (C=O) groups is 1. The molecule has 1 atom stereocenters. The molecule has 2 N–H and O–H groups in total. The van der Waals surface area contributed by atoms with Crippen molar-refractivity contribution in [2.45, 2.75) is 33.1 Å². The number of aryl methyl sites for hydroxylation is 1. The highest BCUT2D eigenvalue weighted by molar-refractivity contribution is 7.14. The molecular weight excluding hydrogens is 286 g/mol. The number of aliphatic hydroxyl groups excluding tert-OH is 2. The van der Waals surface area contributed by atoms with Gasteiger partial charge in [0.1, 0.15) is 0 Å². The van der Waals surface area contributed by atoms with Crippen LogP contribution in [-0.2, 0) is 12.8 Å². The fraction of sp³-hybridized carbons (Fsp3) is 0.688. The molecule has 1 heterocycles. The quantitative estimate of drug-likeness (QED) is 0.873. The summed E-state index contributed by atoms with van der Waals surface area (Å²) in [6.07, 6.45) is 3.33. The third-order valence-electron chi connectivity index (χ3n) is 4.27. The SMILES string of the molecule is CC1CCc2sc(C(=O)N(C)CC(C)(CO)CO)cc2C1. The molecule has 0 bridgehead atoms. The van der Waals surface area contributed by atoms with Crippen LogP contribution in [0.15, 0.2) is 6.07 Å². The minimum Gasteiger partial charge on any atom is -0.396 e. The van der Waals surface area contributed by atoms with Crippen LogP contribution in [0.1, 0.15) is 40.4 Å². The predicted octanol–water partition coefficient (Wildman–Crippen LogP) is 1.94. The largest absolute Gasteiger partial charge is 0.396 e. The summed E-state index contributed by atoms with van der Waals surface area (Å²) in [4.78, 5) is 16.2. The van der Waals surface area contributed by atoms with Gasteiger partial charge in [0, 0.05) is 23.9 Å². The highest BCUT2D eigenvalue weighted by Gasteiger charge is 2.28. The number of fused-ring (bicyclic) bond motifs is 1. The Hall–Kier alpha value is -0.910. The van der Waals surface area contributed by atoms with Crippen LogP contribution in [0.4, 0.5) is 0 Å². The van der Waals surface area contributed by atoms with E-state index in [2.05, 4.69) is 6.92 Å². The molecule has 1 aromatic heterocycles. The lowest BCUT2D eigenvalue weighted by Crippen LogP contribution is -2.41. The summed E-state index contributed by atoms with van der Waals surface area (Å²) < 4.78 is 0. The standard InChI is InChI=1S/C16H25NO3S/c1-11-4-5-13-12(6-11)7-14(21-13)15(20)17(3)8-16(2,9-18)10-19/h7,11,18-19H,4-6,8-10H2,1-3H3. The maximum absolute atomic E-state index is 12.5. The van der Waals surface area contributed by atoms with E-state index in [9.17, 15) is 15.0 Å². The van der Waals surface area contributed by atoms with Gasteiger partial charge in [-0.2, -0.15) is 0 Å². The third kappa shape index (κ3) is 3.65. The minimum absolute atomic E-state index is 0.0184. The molecule has 0 radical (unpaired) electrons. The van der Waals surface area contributed by atoms with E-state index in [1.807, 2.05) is 6.07 Å². The van der Waals surface area contributed by atoms with Crippen LogP contribution in [0.3, 0.4) is 0 Å². The first-order valence-electron chi connectivity index (χ1n) is 7.47. The number of rotatable bonds is 5. The maximum Gasteiger partial charge on any atom is 0.263 e. The maximum atomic E-state index is 12.5. The minimum atomic E-state index is -0.657. The van der Waals surface area contributed by atoms with Gasteiger partial charge in [-0.1, -0.05) is 13.8 Å². The van der Waals surface area contributed by atoms with Crippen molar-refractivity contribution in [2.24, 2.45) is 11.3 Å². The first-order chi connectivity index (χ1) is 9.88. The van der Waals surface area contributed by atoms with Crippen molar-refractivity contribution in [2.75, 3.05) is 26.8 Å². The Morgan fingerprint density at radius 1 is 1.48 bits per heavy atom. The molecule has 1 aliphatic carbocycles. The summed E-state index contributed by atoms with van der Waals surface area (Å²) in [5.74, 6) is 0.676. The van der Waals surface area contributed by atoms with Gasteiger partial charge in [-0.3, -0.25) is 4.79 Å². The first-order valence-corrected chi connectivity index (χ1v) is 8.29. The zero-order valence-electron chi connectivity index (χ0n) is 13.1. The number of aliphatic hydroxyl groups is 2. The molecule has 0 aliphatic heterocycles. The van der Waals surface area contributed by atoms with Crippen molar-refractivity contribution in [1.29, 1.82) is 0 Å². The Morgan fingerprint density at radius 2 is 2.14 bits per heavy atom. The molecule has 4 nitrogen and oxygen atoms in total. The number of hydrogen-bond acceptors (Lipinski definition) is 4. The summed E-state index contributed by atoms with van der Waals surface area (Å²) >= 11 is 1.60. The monoisotopic (exact) mass is 311 g/mol. The van der Waals surface area contributed by atoms with Crippen molar-refractivity contribution in [3.63, 3.8) is 0 Å². The topological polar surface area (TPSA) is 60.8 Å². The lowest BCUT2D eigenvalue weighted by Gasteiger charge is -2.30. The third-order valence-corrected chi connectivity index (χ3v) is 5.49. The second-order valence-electron chi connectivity index (χ2n) is 6.70. The summed E-state index contributed by atoms with van der Waals surface area (Å²) in [5, 5.41) is 18.7. The highest BCUT2D eigenvalue weighted by atomic mass is 32.1. The van der Waals surface area contributed by atoms with Crippen LogP contribution in [0.5, 0.6) is 0 Å². The molecule has 21 heavy (non-hydrogen) atoms. The van der Waals surface area contributed by atoms with Crippen LogP contribution >= 0.6 is 11.3 Å². The number of hydrogen-bond donors (Lipinski definition) is 2. The summed E-state index contributed by atoms with van der Waals surface area (Å²) in [6.45, 7) is 4.09. The molecule has 0 saturated carbocycles. The molecule has 1 aromatic rings. The van der Waals surface area contributed by atoms with Gasteiger partial charge in [0.2, 0.25) is 0 Å². The number of nitrogens with zero attached hydrogens (tertiary/aromatic N) is 1. The average Bonchev–Trinajstić information content (AvgIpc) is 2.89. The Bertz CT molecular complexity index is 508. The number of carbonyl (C=O) groups excluding carboxylic acids is 1. The number of thiophene rings is 1. The molecule has 118 valence electrons. The molecule has 5 heteroatoms. The van der Waals surface area contributed by atoms with Crippen LogP contribution in [-0.4, -0.2) is 47.8 Å². The molecule has 0 aromatic carbocycles. The Kier molecular flexibility index (Phi) is 5.07. The molecule has 0 saturated heterocycles. The average molecular weight is 311 g/mol. The summed E-state index contributed by atoms with van der Waals surface area (Å²) in [7, 11) is 1.73. The molecule has 0 fully saturated rings. The van der Waals surface area contributed by atoms with E-state index in [0.29, 0.717) is 12.5 Å². The predicted molar refractivity (Wildman–Crippen MR) is 84.7 cm³/mol. The van der Waals surface area contributed by atoms with Crippen molar-refractivity contribution >= 4 is 17.2 Å². The fourth-order valence-electron chi connectivity index (χ4n) is 2.79. The van der Waals surface area contributed by atoms with Crippen molar-refractivity contribution in [1.82, 2.24) is 4.90 Å². The molecule has 1 amide bonds. The zero-order chi connectivity index (χ0) is 15.6. The van der Waals surface area contributed by atoms with E-state index in [4.69, 9.17) is 0 Å². The van der Waals surface area contributed by atoms with Gasteiger partial charge in [0.25, 0.3) is 5.91 Å². The van der Waals surface area contributed by atoms with Gasteiger partial charge in [-0.05, 0) is 36.8 Å². The number of amides is 1. The van der Waals surface area contributed by atoms with Crippen LogP contribution < -0.4 is 0 Å². The van der Waals surface area contributed by atoms with E-state index >= 15 is 0 Å². The van der Waals surface area contributed by atoms with Gasteiger partial charge in [-0.15, -0.1) is 11.3 Å². The van der Waals surface area contributed by atoms with Crippen molar-refractivity contribution in [3.05, 3.63) is 21.4 Å². The smallest absolute Gasteiger partial charge is 0.263 e. The lowest BCUT2D eigenvalue weighted by molar-refractivity contribution is 0.0368. The van der Waals surface area contributed by atoms with E-state index in [1.54, 1.807) is 30.2 Å². The zero-order valence-corrected chi connectivity index (χ0v) is 13.9. The molecular formula is C16H25NO3S. The van der Waals surface area contributed by atoms with E-state index in [1.165, 1.54) is 16.9 Å². The second kappa shape index (κ2) is 6.46. The lowest BCUT2D eigenvalue weighted by atomic mass is 9.90. The van der Waals surface area contributed by atoms with Crippen molar-refractivity contribution in [3.8, 4) is 0 Å². The van der Waals surface area contributed by atoms with E-state index in [-0.39, 0.29) is 19.1 Å². The fourth-order valence-corrected chi connectivity index (χ4v) is 4.00. The van der Waals surface area contributed by atoms with Crippen LogP contribution in [0.2, 0.25) is 0 Å².